The maximum atomic E-state index is 13.1. The first kappa shape index (κ1) is 22.9. The molecule has 3 heterocycles. The highest BCUT2D eigenvalue weighted by Crippen LogP contribution is 2.35. The number of aryl methyl sites for hydroxylation is 1. The van der Waals surface area contributed by atoms with Crippen molar-refractivity contribution < 1.29 is 0 Å². The van der Waals surface area contributed by atoms with Gasteiger partial charge in [0.2, 0.25) is 0 Å². The standard InChI is InChI=1S/C26H32N6OS/c1-17(2)24(25-28-29-30-32(25)21-7-4-5-8-21)31(16-22-9-6-12-34-22)15-20-14-19-11-10-18(3)13-23(19)27-26(20)33/h6,9-14,17,21,24H,4-5,7-8,15-16H2,1-3H3,(H,27,33). The van der Waals surface area contributed by atoms with E-state index in [4.69, 9.17) is 0 Å². The second kappa shape index (κ2) is 9.80. The average molecular weight is 477 g/mol. The topological polar surface area (TPSA) is 79.7 Å². The molecule has 8 heteroatoms. The summed E-state index contributed by atoms with van der Waals surface area (Å²) in [5, 5.41) is 16.2. The Labute approximate surface area is 203 Å². The number of benzene rings is 1. The first-order valence-electron chi connectivity index (χ1n) is 12.2. The molecule has 3 aromatic heterocycles. The highest BCUT2D eigenvalue weighted by molar-refractivity contribution is 7.09. The summed E-state index contributed by atoms with van der Waals surface area (Å²) in [6.07, 6.45) is 4.69. The van der Waals surface area contributed by atoms with Crippen LogP contribution in [0.3, 0.4) is 0 Å². The lowest BCUT2D eigenvalue weighted by Crippen LogP contribution is -2.35. The van der Waals surface area contributed by atoms with Crippen LogP contribution in [-0.4, -0.2) is 30.1 Å². The molecule has 1 fully saturated rings. The molecular weight excluding hydrogens is 444 g/mol. The Balaban J connectivity index is 1.55. The molecule has 1 aliphatic carbocycles. The van der Waals surface area contributed by atoms with Gasteiger partial charge in [-0.15, -0.1) is 16.4 Å². The first-order chi connectivity index (χ1) is 16.5. The second-order valence-electron chi connectivity index (χ2n) is 9.81. The summed E-state index contributed by atoms with van der Waals surface area (Å²) in [6, 6.07) is 12.8. The summed E-state index contributed by atoms with van der Waals surface area (Å²) in [4.78, 5) is 19.8. The molecule has 1 saturated carbocycles. The third-order valence-corrected chi connectivity index (χ3v) is 7.73. The van der Waals surface area contributed by atoms with Gasteiger partial charge in [-0.1, -0.05) is 44.9 Å². The van der Waals surface area contributed by atoms with E-state index in [1.54, 1.807) is 11.3 Å². The van der Waals surface area contributed by atoms with Gasteiger partial charge in [-0.05, 0) is 70.6 Å². The molecule has 0 spiro atoms. The molecule has 5 rings (SSSR count). The van der Waals surface area contributed by atoms with Gasteiger partial charge in [-0.25, -0.2) is 4.68 Å². The minimum Gasteiger partial charge on any atom is -0.322 e. The Morgan fingerprint density at radius 1 is 1.18 bits per heavy atom. The van der Waals surface area contributed by atoms with E-state index in [-0.39, 0.29) is 17.5 Å². The first-order valence-corrected chi connectivity index (χ1v) is 13.0. The van der Waals surface area contributed by atoms with Gasteiger partial charge in [0, 0.05) is 29.0 Å². The van der Waals surface area contributed by atoms with Gasteiger partial charge in [-0.3, -0.25) is 9.69 Å². The van der Waals surface area contributed by atoms with Crippen LogP contribution < -0.4 is 5.56 Å². The van der Waals surface area contributed by atoms with E-state index in [0.717, 1.165) is 47.2 Å². The van der Waals surface area contributed by atoms with Crippen LogP contribution >= 0.6 is 11.3 Å². The van der Waals surface area contributed by atoms with Gasteiger partial charge in [-0.2, -0.15) is 0 Å². The predicted octanol–water partition coefficient (Wildman–Crippen LogP) is 5.40. The van der Waals surface area contributed by atoms with Crippen LogP contribution in [0.1, 0.15) is 73.4 Å². The van der Waals surface area contributed by atoms with E-state index < -0.39 is 0 Å². The molecule has 1 N–H and O–H groups in total. The number of pyridine rings is 1. The third kappa shape index (κ3) is 4.70. The zero-order chi connectivity index (χ0) is 23.7. The van der Waals surface area contributed by atoms with Crippen molar-refractivity contribution in [3.63, 3.8) is 0 Å². The van der Waals surface area contributed by atoms with Crippen molar-refractivity contribution in [3.8, 4) is 0 Å². The number of hydrogen-bond acceptors (Lipinski definition) is 6. The molecule has 1 unspecified atom stereocenters. The normalized spacial score (nSPS) is 15.7. The molecule has 4 aromatic rings. The molecule has 0 saturated heterocycles. The van der Waals surface area contributed by atoms with E-state index in [9.17, 15) is 4.79 Å². The van der Waals surface area contributed by atoms with Crippen molar-refractivity contribution in [2.75, 3.05) is 0 Å². The van der Waals surface area contributed by atoms with Gasteiger partial charge >= 0.3 is 0 Å². The molecule has 1 aromatic carbocycles. The third-order valence-electron chi connectivity index (χ3n) is 6.87. The molecule has 7 nitrogen and oxygen atoms in total. The Morgan fingerprint density at radius 2 is 2.00 bits per heavy atom. The molecule has 0 bridgehead atoms. The van der Waals surface area contributed by atoms with Crippen LogP contribution in [0.15, 0.2) is 46.6 Å². The highest BCUT2D eigenvalue weighted by Gasteiger charge is 2.32. The minimum absolute atomic E-state index is 0.00850. The summed E-state index contributed by atoms with van der Waals surface area (Å²) >= 11 is 1.74. The highest BCUT2D eigenvalue weighted by atomic mass is 32.1. The van der Waals surface area contributed by atoms with Crippen LogP contribution in [0.25, 0.3) is 10.9 Å². The van der Waals surface area contributed by atoms with Crippen molar-refractivity contribution in [2.24, 2.45) is 5.92 Å². The fraction of sp³-hybridized carbons (Fsp3) is 0.462. The zero-order valence-corrected chi connectivity index (χ0v) is 20.9. The molecule has 1 atom stereocenters. The quantitative estimate of drug-likeness (QED) is 0.368. The summed E-state index contributed by atoms with van der Waals surface area (Å²) < 4.78 is 2.06. The van der Waals surface area contributed by atoms with Crippen LogP contribution in [0, 0.1) is 12.8 Å². The maximum Gasteiger partial charge on any atom is 0.252 e. The molecule has 1 aliphatic rings. The van der Waals surface area contributed by atoms with Gasteiger partial charge in [0.05, 0.1) is 12.1 Å². The summed E-state index contributed by atoms with van der Waals surface area (Å²) in [5.74, 6) is 1.18. The number of nitrogens with zero attached hydrogens (tertiary/aromatic N) is 5. The Morgan fingerprint density at radius 3 is 2.74 bits per heavy atom. The molecule has 0 amide bonds. The van der Waals surface area contributed by atoms with E-state index in [0.29, 0.717) is 12.6 Å². The van der Waals surface area contributed by atoms with Gasteiger partial charge in [0.25, 0.3) is 5.56 Å². The Hall–Kier alpha value is -2.84. The molecule has 0 radical (unpaired) electrons. The number of nitrogens with one attached hydrogen (secondary N) is 1. The number of thiophene rings is 1. The molecule has 34 heavy (non-hydrogen) atoms. The molecular formula is C26H32N6OS. The number of fused-ring (bicyclic) bond motifs is 1. The van der Waals surface area contributed by atoms with Gasteiger partial charge in [0.1, 0.15) is 0 Å². The maximum absolute atomic E-state index is 13.1. The number of aromatic amines is 1. The molecule has 178 valence electrons. The average Bonchev–Trinajstić information content (AvgIpc) is 3.57. The van der Waals surface area contributed by atoms with E-state index in [1.807, 2.05) is 19.1 Å². The zero-order valence-electron chi connectivity index (χ0n) is 20.1. The van der Waals surface area contributed by atoms with Crippen LogP contribution in [0.5, 0.6) is 0 Å². The Kier molecular flexibility index (Phi) is 6.61. The van der Waals surface area contributed by atoms with Crippen LogP contribution in [0.2, 0.25) is 0 Å². The summed E-state index contributed by atoms with van der Waals surface area (Å²) in [5.41, 5.74) is 2.74. The lowest BCUT2D eigenvalue weighted by Gasteiger charge is -2.33. The van der Waals surface area contributed by atoms with Crippen molar-refractivity contribution in [1.82, 2.24) is 30.1 Å². The lowest BCUT2D eigenvalue weighted by atomic mass is 9.99. The predicted molar refractivity (Wildman–Crippen MR) is 136 cm³/mol. The monoisotopic (exact) mass is 476 g/mol. The fourth-order valence-electron chi connectivity index (χ4n) is 5.24. The smallest absolute Gasteiger partial charge is 0.252 e. The fourth-order valence-corrected chi connectivity index (χ4v) is 5.97. The van der Waals surface area contributed by atoms with Crippen molar-refractivity contribution in [1.29, 1.82) is 0 Å². The second-order valence-corrected chi connectivity index (χ2v) is 10.8. The van der Waals surface area contributed by atoms with Crippen molar-refractivity contribution in [3.05, 3.63) is 74.0 Å². The van der Waals surface area contributed by atoms with Crippen molar-refractivity contribution in [2.45, 2.75) is 71.6 Å². The van der Waals surface area contributed by atoms with E-state index >= 15 is 0 Å². The Bertz CT molecular complexity index is 1300. The SMILES string of the molecule is Cc1ccc2cc(CN(Cc3cccs3)C(c3nnnn3C3CCCC3)C(C)C)c(=O)[nH]c2c1. The van der Waals surface area contributed by atoms with Crippen molar-refractivity contribution >= 4 is 22.2 Å². The largest absolute Gasteiger partial charge is 0.322 e. The van der Waals surface area contributed by atoms with Crippen LogP contribution in [0.4, 0.5) is 0 Å². The van der Waals surface area contributed by atoms with Gasteiger partial charge in [0.15, 0.2) is 5.82 Å². The number of hydrogen-bond donors (Lipinski definition) is 1. The summed E-state index contributed by atoms with van der Waals surface area (Å²) in [7, 11) is 0. The lowest BCUT2D eigenvalue weighted by molar-refractivity contribution is 0.124. The molecule has 0 aliphatic heterocycles. The minimum atomic E-state index is -0.0350. The van der Waals surface area contributed by atoms with Crippen LogP contribution in [-0.2, 0) is 13.1 Å². The summed E-state index contributed by atoms with van der Waals surface area (Å²) in [6.45, 7) is 7.73. The van der Waals surface area contributed by atoms with E-state index in [1.165, 1.54) is 17.7 Å². The number of H-pyrrole nitrogens is 1. The number of aromatic nitrogens is 5. The number of tetrazole rings is 1. The van der Waals surface area contributed by atoms with E-state index in [2.05, 4.69) is 73.6 Å². The van der Waals surface area contributed by atoms with Gasteiger partial charge < -0.3 is 4.98 Å². The number of rotatable bonds is 8.